The molecule has 2 aromatic rings. The normalized spacial score (nSPS) is 15.5. The van der Waals surface area contributed by atoms with Crippen LogP contribution in [0.15, 0.2) is 42.0 Å². The maximum Gasteiger partial charge on any atom is 0.137 e. The Labute approximate surface area is 145 Å². The van der Waals surface area contributed by atoms with Crippen molar-refractivity contribution in [3.8, 4) is 0 Å². The van der Waals surface area contributed by atoms with Crippen molar-refractivity contribution in [3.05, 3.63) is 52.5 Å². The van der Waals surface area contributed by atoms with Gasteiger partial charge in [-0.15, -0.1) is 0 Å². The van der Waals surface area contributed by atoms with Gasteiger partial charge in [0, 0.05) is 11.4 Å². The van der Waals surface area contributed by atoms with E-state index in [9.17, 15) is 10.2 Å². The van der Waals surface area contributed by atoms with E-state index in [1.165, 1.54) is 17.3 Å². The Morgan fingerprint density at radius 3 is 2.43 bits per heavy atom. The summed E-state index contributed by atoms with van der Waals surface area (Å²) in [4.78, 5) is 3.86. The summed E-state index contributed by atoms with van der Waals surface area (Å²) in [6, 6.07) is 7.07. The molecule has 0 saturated heterocycles. The third kappa shape index (κ3) is 5.32. The Balaban J connectivity index is 2.33. The van der Waals surface area contributed by atoms with Crippen LogP contribution in [-0.4, -0.2) is 36.2 Å². The zero-order valence-corrected chi connectivity index (χ0v) is 14.5. The standard InChI is InChI=1S/C16H19Cl2N3O2/c1-15(2,22)8-16(23,9-21-11-19-10-20-21)14(18)7-12-3-5-13(17)6-4-12/h3-7,10-11,22-23H,8-9H2,1-2H3/b14-7+. The van der Waals surface area contributed by atoms with Gasteiger partial charge in [-0.25, -0.2) is 9.67 Å². The van der Waals surface area contributed by atoms with Crippen LogP contribution in [0.4, 0.5) is 0 Å². The summed E-state index contributed by atoms with van der Waals surface area (Å²) < 4.78 is 1.48. The predicted octanol–water partition coefficient (Wildman–Crippen LogP) is 3.10. The highest BCUT2D eigenvalue weighted by Crippen LogP contribution is 2.33. The van der Waals surface area contributed by atoms with E-state index in [4.69, 9.17) is 23.2 Å². The van der Waals surface area contributed by atoms with E-state index in [1.54, 1.807) is 44.2 Å². The first-order valence-electron chi connectivity index (χ1n) is 7.08. The molecule has 7 heteroatoms. The Hall–Kier alpha value is -1.40. The van der Waals surface area contributed by atoms with Gasteiger partial charge in [0.15, 0.2) is 0 Å². The van der Waals surface area contributed by atoms with Crippen molar-refractivity contribution in [1.82, 2.24) is 14.8 Å². The van der Waals surface area contributed by atoms with Gasteiger partial charge in [-0.1, -0.05) is 35.3 Å². The summed E-state index contributed by atoms with van der Waals surface area (Å²) in [5.41, 5.74) is -1.79. The third-order valence-electron chi connectivity index (χ3n) is 3.22. The SMILES string of the molecule is CC(C)(O)CC(O)(Cn1cncn1)/C(Cl)=C\c1ccc(Cl)cc1. The molecule has 124 valence electrons. The van der Waals surface area contributed by atoms with Crippen LogP contribution in [0.1, 0.15) is 25.8 Å². The molecule has 0 radical (unpaired) electrons. The summed E-state index contributed by atoms with van der Waals surface area (Å²) in [6.45, 7) is 3.32. The van der Waals surface area contributed by atoms with Crippen LogP contribution in [0.2, 0.25) is 5.02 Å². The summed E-state index contributed by atoms with van der Waals surface area (Å²) in [5.74, 6) is 0. The van der Waals surface area contributed by atoms with Gasteiger partial charge in [0.05, 0.1) is 17.2 Å². The van der Waals surface area contributed by atoms with Gasteiger partial charge in [-0.2, -0.15) is 5.10 Å². The summed E-state index contributed by atoms with van der Waals surface area (Å²) in [5, 5.41) is 26.0. The van der Waals surface area contributed by atoms with E-state index in [2.05, 4.69) is 10.1 Å². The van der Waals surface area contributed by atoms with Crippen LogP contribution in [0.25, 0.3) is 6.08 Å². The number of halogens is 2. The molecule has 1 atom stereocenters. The van der Waals surface area contributed by atoms with Crippen molar-refractivity contribution in [2.75, 3.05) is 0 Å². The molecule has 2 N–H and O–H groups in total. The zero-order chi connectivity index (χ0) is 17.1. The average Bonchev–Trinajstić information content (AvgIpc) is 2.91. The molecule has 1 aromatic carbocycles. The van der Waals surface area contributed by atoms with Crippen LogP contribution in [0.3, 0.4) is 0 Å². The van der Waals surface area contributed by atoms with Crippen molar-refractivity contribution in [2.24, 2.45) is 0 Å². The second-order valence-electron chi connectivity index (χ2n) is 6.16. The van der Waals surface area contributed by atoms with Gasteiger partial charge in [0.1, 0.15) is 18.3 Å². The fraction of sp³-hybridized carbons (Fsp3) is 0.375. The van der Waals surface area contributed by atoms with E-state index in [-0.39, 0.29) is 18.0 Å². The van der Waals surface area contributed by atoms with E-state index in [0.29, 0.717) is 5.02 Å². The molecule has 1 aromatic heterocycles. The Morgan fingerprint density at radius 2 is 1.91 bits per heavy atom. The second-order valence-corrected chi connectivity index (χ2v) is 7.00. The monoisotopic (exact) mass is 355 g/mol. The number of hydrogen-bond donors (Lipinski definition) is 2. The summed E-state index contributed by atoms with van der Waals surface area (Å²) in [7, 11) is 0. The molecule has 0 saturated carbocycles. The molecular formula is C16H19Cl2N3O2. The van der Waals surface area contributed by atoms with Crippen LogP contribution < -0.4 is 0 Å². The highest BCUT2D eigenvalue weighted by atomic mass is 35.5. The fourth-order valence-corrected chi connectivity index (χ4v) is 2.73. The number of nitrogens with zero attached hydrogens (tertiary/aromatic N) is 3. The Bertz CT molecular complexity index is 664. The lowest BCUT2D eigenvalue weighted by atomic mass is 9.88. The maximum absolute atomic E-state index is 11.0. The van der Waals surface area contributed by atoms with E-state index in [0.717, 1.165) is 5.56 Å². The molecule has 0 amide bonds. The smallest absolute Gasteiger partial charge is 0.137 e. The molecule has 5 nitrogen and oxygen atoms in total. The van der Waals surface area contributed by atoms with Crippen molar-refractivity contribution in [1.29, 1.82) is 0 Å². The minimum absolute atomic E-state index is 0.0444. The van der Waals surface area contributed by atoms with E-state index >= 15 is 0 Å². The number of hydrogen-bond acceptors (Lipinski definition) is 4. The van der Waals surface area contributed by atoms with Gasteiger partial charge in [0.2, 0.25) is 0 Å². The minimum atomic E-state index is -1.48. The first-order chi connectivity index (χ1) is 10.7. The quantitative estimate of drug-likeness (QED) is 0.834. The number of aliphatic hydroxyl groups is 2. The average molecular weight is 356 g/mol. The molecule has 1 unspecified atom stereocenters. The van der Waals surface area contributed by atoms with Crippen molar-refractivity contribution >= 4 is 29.3 Å². The molecule has 2 rings (SSSR count). The first kappa shape index (κ1) is 17.9. The molecule has 23 heavy (non-hydrogen) atoms. The van der Waals surface area contributed by atoms with Gasteiger partial charge in [-0.3, -0.25) is 0 Å². The van der Waals surface area contributed by atoms with Crippen LogP contribution in [0, 0.1) is 0 Å². The van der Waals surface area contributed by atoms with E-state index < -0.39 is 11.2 Å². The van der Waals surface area contributed by atoms with Crippen LogP contribution >= 0.6 is 23.2 Å². The van der Waals surface area contributed by atoms with Crippen LogP contribution in [-0.2, 0) is 6.54 Å². The molecule has 1 heterocycles. The lowest BCUT2D eigenvalue weighted by Gasteiger charge is -2.33. The van der Waals surface area contributed by atoms with Gasteiger partial charge < -0.3 is 10.2 Å². The third-order valence-corrected chi connectivity index (χ3v) is 3.94. The van der Waals surface area contributed by atoms with Crippen molar-refractivity contribution in [2.45, 2.75) is 38.0 Å². The Morgan fingerprint density at radius 1 is 1.26 bits per heavy atom. The molecular weight excluding hydrogens is 337 g/mol. The molecule has 0 aliphatic carbocycles. The molecule has 0 fully saturated rings. The van der Waals surface area contributed by atoms with Gasteiger partial charge in [-0.05, 0) is 37.6 Å². The lowest BCUT2D eigenvalue weighted by molar-refractivity contribution is -0.0307. The number of benzene rings is 1. The fourth-order valence-electron chi connectivity index (χ4n) is 2.35. The maximum atomic E-state index is 11.0. The molecule has 0 aliphatic heterocycles. The first-order valence-corrected chi connectivity index (χ1v) is 7.84. The van der Waals surface area contributed by atoms with Crippen LogP contribution in [0.5, 0.6) is 0 Å². The van der Waals surface area contributed by atoms with E-state index in [1.807, 2.05) is 0 Å². The number of aromatic nitrogens is 3. The van der Waals surface area contributed by atoms with Gasteiger partial charge >= 0.3 is 0 Å². The van der Waals surface area contributed by atoms with Crippen molar-refractivity contribution in [3.63, 3.8) is 0 Å². The second kappa shape index (κ2) is 7.01. The molecule has 0 bridgehead atoms. The minimum Gasteiger partial charge on any atom is -0.390 e. The largest absolute Gasteiger partial charge is 0.390 e. The molecule has 0 aliphatic rings. The Kier molecular flexibility index (Phi) is 5.47. The van der Waals surface area contributed by atoms with Crippen molar-refractivity contribution < 1.29 is 10.2 Å². The topological polar surface area (TPSA) is 71.2 Å². The number of rotatable bonds is 6. The zero-order valence-electron chi connectivity index (χ0n) is 12.9. The highest BCUT2D eigenvalue weighted by Gasteiger charge is 2.37. The van der Waals surface area contributed by atoms with Gasteiger partial charge in [0.25, 0.3) is 0 Å². The summed E-state index contributed by atoms with van der Waals surface area (Å²) in [6.07, 6.45) is 4.56. The predicted molar refractivity (Wildman–Crippen MR) is 91.2 cm³/mol. The lowest BCUT2D eigenvalue weighted by Crippen LogP contribution is -2.42. The highest BCUT2D eigenvalue weighted by molar-refractivity contribution is 6.32. The molecule has 0 spiro atoms. The summed E-state index contributed by atoms with van der Waals surface area (Å²) >= 11 is 12.3.